The third-order valence-corrected chi connectivity index (χ3v) is 6.55. The smallest absolute Gasteiger partial charge is 0.243 e. The minimum Gasteiger partial charge on any atom is -0.361 e. The van der Waals surface area contributed by atoms with Gasteiger partial charge in [-0.3, -0.25) is 9.59 Å². The number of benzene rings is 2. The molecule has 2 aromatic carbocycles. The molecule has 0 aliphatic heterocycles. The Hall–Kier alpha value is -3.08. The highest BCUT2D eigenvalue weighted by atomic mass is 16.2. The van der Waals surface area contributed by atoms with Crippen LogP contribution in [0.4, 0.5) is 0 Å². The fourth-order valence-corrected chi connectivity index (χ4v) is 4.72. The molecule has 2 amide bonds. The summed E-state index contributed by atoms with van der Waals surface area (Å²) in [7, 11) is 0. The summed E-state index contributed by atoms with van der Waals surface area (Å²) in [5, 5.41) is 7.34. The Morgan fingerprint density at radius 2 is 1.75 bits per heavy atom. The van der Waals surface area contributed by atoms with Gasteiger partial charge in [0.05, 0.1) is 0 Å². The van der Waals surface area contributed by atoms with E-state index in [4.69, 9.17) is 0 Å². The van der Waals surface area contributed by atoms with Crippen LogP contribution in [0.2, 0.25) is 0 Å². The molecule has 32 heavy (non-hydrogen) atoms. The van der Waals surface area contributed by atoms with Crippen molar-refractivity contribution in [2.24, 2.45) is 5.92 Å². The highest BCUT2D eigenvalue weighted by Gasteiger charge is 2.29. The Balaban J connectivity index is 1.47. The molecule has 5 heteroatoms. The van der Waals surface area contributed by atoms with E-state index in [1.165, 1.54) is 5.56 Å². The van der Waals surface area contributed by atoms with Gasteiger partial charge in [-0.15, -0.1) is 0 Å². The normalized spacial score (nSPS) is 19.6. The Morgan fingerprint density at radius 3 is 2.53 bits per heavy atom. The van der Waals surface area contributed by atoms with Crippen molar-refractivity contribution in [1.29, 1.82) is 0 Å². The molecular formula is C27H33N3O2. The Bertz CT molecular complexity index is 1060. The maximum Gasteiger partial charge on any atom is 0.243 e. The van der Waals surface area contributed by atoms with Gasteiger partial charge in [0.25, 0.3) is 0 Å². The number of carbonyl (C=O) groups is 2. The van der Waals surface area contributed by atoms with Gasteiger partial charge in [-0.1, -0.05) is 68.8 Å². The Kier molecular flexibility index (Phi) is 6.93. The first-order chi connectivity index (χ1) is 15.5. The predicted molar refractivity (Wildman–Crippen MR) is 128 cm³/mol. The number of hydrogen-bond acceptors (Lipinski definition) is 2. The third kappa shape index (κ3) is 5.21. The van der Waals surface area contributed by atoms with Crippen molar-refractivity contribution in [3.8, 4) is 0 Å². The largest absolute Gasteiger partial charge is 0.361 e. The van der Waals surface area contributed by atoms with Gasteiger partial charge in [0.1, 0.15) is 6.04 Å². The molecule has 5 nitrogen and oxygen atoms in total. The predicted octanol–water partition coefficient (Wildman–Crippen LogP) is 4.69. The van der Waals surface area contributed by atoms with E-state index >= 15 is 0 Å². The van der Waals surface area contributed by atoms with Crippen molar-refractivity contribution in [2.75, 3.05) is 0 Å². The van der Waals surface area contributed by atoms with Crippen LogP contribution in [0.5, 0.6) is 0 Å². The lowest BCUT2D eigenvalue weighted by Gasteiger charge is -2.31. The Labute approximate surface area is 190 Å². The first-order valence-electron chi connectivity index (χ1n) is 11.7. The van der Waals surface area contributed by atoms with Crippen molar-refractivity contribution >= 4 is 22.7 Å². The number of para-hydroxylation sites is 1. The molecule has 0 bridgehead atoms. The fraction of sp³-hybridized carbons (Fsp3) is 0.407. The maximum absolute atomic E-state index is 13.3. The summed E-state index contributed by atoms with van der Waals surface area (Å²) in [6, 6.07) is 18.1. The van der Waals surface area contributed by atoms with Gasteiger partial charge in [0, 0.05) is 35.5 Å². The molecule has 0 radical (unpaired) electrons. The zero-order valence-corrected chi connectivity index (χ0v) is 18.9. The highest BCUT2D eigenvalue weighted by molar-refractivity contribution is 5.90. The van der Waals surface area contributed by atoms with Crippen LogP contribution < -0.4 is 10.6 Å². The van der Waals surface area contributed by atoms with Crippen LogP contribution in [0.3, 0.4) is 0 Å². The fourth-order valence-electron chi connectivity index (χ4n) is 4.72. The molecule has 0 spiro atoms. The van der Waals surface area contributed by atoms with Gasteiger partial charge in [0.15, 0.2) is 0 Å². The molecule has 0 saturated heterocycles. The van der Waals surface area contributed by atoms with E-state index in [0.717, 1.165) is 42.1 Å². The second-order valence-electron chi connectivity index (χ2n) is 9.26. The SMILES string of the molecule is CC(C)C(=O)NC(Cc1c[nH]c2ccccc12)C(=O)NC1CCCC(c2ccccc2)C1. The van der Waals surface area contributed by atoms with Gasteiger partial charge in [-0.05, 0) is 42.4 Å². The van der Waals surface area contributed by atoms with E-state index < -0.39 is 6.04 Å². The van der Waals surface area contributed by atoms with Crippen LogP contribution in [0.15, 0.2) is 60.8 Å². The van der Waals surface area contributed by atoms with E-state index in [9.17, 15) is 9.59 Å². The summed E-state index contributed by atoms with van der Waals surface area (Å²) in [4.78, 5) is 29.1. The van der Waals surface area contributed by atoms with Crippen molar-refractivity contribution < 1.29 is 9.59 Å². The number of fused-ring (bicyclic) bond motifs is 1. The van der Waals surface area contributed by atoms with Crippen LogP contribution in [0.25, 0.3) is 10.9 Å². The van der Waals surface area contributed by atoms with E-state index in [0.29, 0.717) is 12.3 Å². The van der Waals surface area contributed by atoms with Gasteiger partial charge >= 0.3 is 0 Å². The first-order valence-corrected chi connectivity index (χ1v) is 11.7. The van der Waals surface area contributed by atoms with E-state index in [1.54, 1.807) is 0 Å². The third-order valence-electron chi connectivity index (χ3n) is 6.55. The summed E-state index contributed by atoms with van der Waals surface area (Å²) >= 11 is 0. The number of carbonyl (C=O) groups excluding carboxylic acids is 2. The molecule has 3 unspecified atom stereocenters. The summed E-state index contributed by atoms with van der Waals surface area (Å²) in [5.41, 5.74) is 3.42. The Morgan fingerprint density at radius 1 is 1.00 bits per heavy atom. The number of rotatable bonds is 7. The summed E-state index contributed by atoms with van der Waals surface area (Å²) in [6.07, 6.45) is 6.57. The van der Waals surface area contributed by atoms with Crippen LogP contribution in [-0.2, 0) is 16.0 Å². The second kappa shape index (κ2) is 10.0. The maximum atomic E-state index is 13.3. The molecule has 1 heterocycles. The molecule has 168 valence electrons. The average molecular weight is 432 g/mol. The van der Waals surface area contributed by atoms with Crippen LogP contribution in [0, 0.1) is 5.92 Å². The molecule has 1 aliphatic rings. The molecule has 3 aromatic rings. The molecule has 3 atom stereocenters. The van der Waals surface area contributed by atoms with Crippen LogP contribution in [0.1, 0.15) is 56.6 Å². The quantitative estimate of drug-likeness (QED) is 0.508. The number of aromatic nitrogens is 1. The van der Waals surface area contributed by atoms with E-state index in [1.807, 2.05) is 50.4 Å². The van der Waals surface area contributed by atoms with Gasteiger partial charge in [0.2, 0.25) is 11.8 Å². The van der Waals surface area contributed by atoms with Crippen molar-refractivity contribution in [3.63, 3.8) is 0 Å². The topological polar surface area (TPSA) is 74.0 Å². The van der Waals surface area contributed by atoms with Crippen molar-refractivity contribution in [2.45, 2.75) is 64.0 Å². The summed E-state index contributed by atoms with van der Waals surface area (Å²) in [5.74, 6) is 0.0942. The molecule has 1 saturated carbocycles. The molecule has 4 rings (SSSR count). The van der Waals surface area contributed by atoms with Crippen LogP contribution in [-0.4, -0.2) is 28.9 Å². The minimum atomic E-state index is -0.596. The van der Waals surface area contributed by atoms with Crippen molar-refractivity contribution in [1.82, 2.24) is 15.6 Å². The number of hydrogen-bond donors (Lipinski definition) is 3. The number of aromatic amines is 1. The highest BCUT2D eigenvalue weighted by Crippen LogP contribution is 2.32. The zero-order chi connectivity index (χ0) is 22.5. The zero-order valence-electron chi connectivity index (χ0n) is 18.9. The number of H-pyrrole nitrogens is 1. The van der Waals surface area contributed by atoms with Gasteiger partial charge in [-0.2, -0.15) is 0 Å². The van der Waals surface area contributed by atoms with E-state index in [2.05, 4.69) is 39.9 Å². The number of amides is 2. The molecule has 1 aliphatic carbocycles. The molecule has 3 N–H and O–H groups in total. The lowest BCUT2D eigenvalue weighted by molar-refractivity contribution is -0.131. The lowest BCUT2D eigenvalue weighted by atomic mass is 9.81. The summed E-state index contributed by atoms with van der Waals surface area (Å²) < 4.78 is 0. The average Bonchev–Trinajstić information content (AvgIpc) is 3.22. The van der Waals surface area contributed by atoms with Crippen molar-refractivity contribution in [3.05, 3.63) is 71.9 Å². The molecule has 1 fully saturated rings. The summed E-state index contributed by atoms with van der Waals surface area (Å²) in [6.45, 7) is 3.70. The monoisotopic (exact) mass is 431 g/mol. The van der Waals surface area contributed by atoms with Gasteiger partial charge in [-0.25, -0.2) is 0 Å². The molecule has 1 aromatic heterocycles. The standard InChI is InChI=1S/C27H33N3O2/c1-18(2)26(31)30-25(16-21-17-28-24-14-7-6-13-23(21)24)27(32)29-22-12-8-11-20(15-22)19-9-4-3-5-10-19/h3-7,9-10,13-14,17-18,20,22,25,28H,8,11-12,15-16H2,1-2H3,(H,29,32)(H,30,31). The number of nitrogens with one attached hydrogen (secondary N) is 3. The minimum absolute atomic E-state index is 0.0945. The molecular weight excluding hydrogens is 398 g/mol. The van der Waals surface area contributed by atoms with Gasteiger partial charge < -0.3 is 15.6 Å². The van der Waals surface area contributed by atoms with Crippen LogP contribution >= 0.6 is 0 Å². The lowest BCUT2D eigenvalue weighted by Crippen LogP contribution is -2.52. The first kappa shape index (κ1) is 22.1. The second-order valence-corrected chi connectivity index (χ2v) is 9.26. The van der Waals surface area contributed by atoms with E-state index in [-0.39, 0.29) is 23.8 Å².